The first-order valence-electron chi connectivity index (χ1n) is 11.7. The predicted octanol–water partition coefficient (Wildman–Crippen LogP) is -1.46. The summed E-state index contributed by atoms with van der Waals surface area (Å²) in [5.41, 5.74) is 2.12. The predicted molar refractivity (Wildman–Crippen MR) is 124 cm³/mol. The van der Waals surface area contributed by atoms with Crippen LogP contribution in [0.5, 0.6) is 11.5 Å². The van der Waals surface area contributed by atoms with Gasteiger partial charge in [0.1, 0.15) is 6.61 Å². The summed E-state index contributed by atoms with van der Waals surface area (Å²) in [4.78, 5) is 31.0. The van der Waals surface area contributed by atoms with E-state index in [0.29, 0.717) is 52.6 Å². The first kappa shape index (κ1) is 23.4. The molecule has 0 bridgehead atoms. The molecule has 0 unspecified atom stereocenters. The van der Waals surface area contributed by atoms with Crippen LogP contribution in [0.1, 0.15) is 35.6 Å². The van der Waals surface area contributed by atoms with Crippen LogP contribution >= 0.6 is 0 Å². The molecule has 1 N–H and O–H groups in total. The fraction of sp³-hybridized carbons (Fsp3) is 0.269. The summed E-state index contributed by atoms with van der Waals surface area (Å²) in [6.45, 7) is 2.41. The number of rotatable bonds is 3. The van der Waals surface area contributed by atoms with Gasteiger partial charge in [0.15, 0.2) is 23.3 Å². The normalized spacial score (nSPS) is 18.6. The number of aromatic nitrogens is 4. The van der Waals surface area contributed by atoms with E-state index in [1.807, 2.05) is 35.1 Å². The fourth-order valence-corrected chi connectivity index (χ4v) is 5.35. The summed E-state index contributed by atoms with van der Waals surface area (Å²) in [5, 5.41) is 16.5. The van der Waals surface area contributed by atoms with Gasteiger partial charge in [-0.05, 0) is 29.7 Å². The highest BCUT2D eigenvalue weighted by molar-refractivity contribution is 5.91. The zero-order valence-corrected chi connectivity index (χ0v) is 20.5. The molecule has 0 saturated carbocycles. The number of hydrogen-bond acceptors (Lipinski definition) is 8. The Labute approximate surface area is 216 Å². The molecular weight excluding hydrogens is 500 g/mol. The van der Waals surface area contributed by atoms with E-state index in [1.165, 1.54) is 0 Å². The molecule has 0 aliphatic carbocycles. The van der Waals surface area contributed by atoms with Gasteiger partial charge in [-0.2, -0.15) is 0 Å². The number of ether oxygens (including phenoxy) is 3. The van der Waals surface area contributed by atoms with Gasteiger partial charge < -0.3 is 36.3 Å². The van der Waals surface area contributed by atoms with Gasteiger partial charge in [-0.1, -0.05) is 11.6 Å². The molecule has 4 aromatic rings. The molecule has 3 aromatic heterocycles. The number of pyridine rings is 2. The summed E-state index contributed by atoms with van der Waals surface area (Å²) >= 11 is 0. The van der Waals surface area contributed by atoms with Crippen molar-refractivity contribution < 1.29 is 41.2 Å². The summed E-state index contributed by atoms with van der Waals surface area (Å²) < 4.78 is 19.8. The van der Waals surface area contributed by atoms with Crippen molar-refractivity contribution in [1.82, 2.24) is 14.6 Å². The van der Waals surface area contributed by atoms with Crippen molar-refractivity contribution in [3.63, 3.8) is 0 Å². The molecule has 7 rings (SSSR count). The minimum Gasteiger partial charge on any atom is -1.00 e. The zero-order valence-electron chi connectivity index (χ0n) is 19.7. The Kier molecular flexibility index (Phi) is 5.22. The highest BCUT2D eigenvalue weighted by Crippen LogP contribution is 2.43. The number of carbonyl (C=O) groups excluding carboxylic acids is 1. The maximum atomic E-state index is 13.6. The van der Waals surface area contributed by atoms with Crippen molar-refractivity contribution in [2.24, 2.45) is 0 Å². The molecule has 10 nitrogen and oxygen atoms in total. The van der Waals surface area contributed by atoms with E-state index in [4.69, 9.17) is 19.2 Å². The Balaban J connectivity index is 0.00000252. The lowest BCUT2D eigenvalue weighted by molar-refractivity contribution is -0.746. The molecule has 1 aromatic carbocycles. The molecule has 3 aliphatic rings. The van der Waals surface area contributed by atoms with Crippen LogP contribution < -0.4 is 32.1 Å². The number of aliphatic hydroxyl groups is 1. The number of carbonyl (C=O) groups is 1. The molecular formula is C26H21ClN4O6. The first-order chi connectivity index (χ1) is 17.5. The highest BCUT2D eigenvalue weighted by atomic mass is 35.5. The minimum atomic E-state index is -1.87. The van der Waals surface area contributed by atoms with Crippen LogP contribution in [0.25, 0.3) is 22.3 Å². The zero-order chi connectivity index (χ0) is 24.6. The lowest BCUT2D eigenvalue weighted by Crippen LogP contribution is -3.00. The van der Waals surface area contributed by atoms with Crippen LogP contribution in [0.15, 0.2) is 47.5 Å². The Morgan fingerprint density at radius 1 is 1.11 bits per heavy atom. The third kappa shape index (κ3) is 3.25. The molecule has 188 valence electrons. The number of halogens is 1. The second kappa shape index (κ2) is 8.25. The Morgan fingerprint density at radius 3 is 2.68 bits per heavy atom. The maximum absolute atomic E-state index is 13.6. The molecule has 0 fully saturated rings. The lowest BCUT2D eigenvalue weighted by atomic mass is 9.86. The van der Waals surface area contributed by atoms with Crippen LogP contribution in [0.2, 0.25) is 0 Å². The van der Waals surface area contributed by atoms with Gasteiger partial charge in [0.05, 0.1) is 35.2 Å². The Bertz CT molecular complexity index is 1670. The number of nitrogens with zero attached hydrogens (tertiary/aromatic N) is 4. The average Bonchev–Trinajstić information content (AvgIpc) is 3.50. The van der Waals surface area contributed by atoms with Gasteiger partial charge in [-0.25, -0.2) is 9.78 Å². The van der Waals surface area contributed by atoms with Crippen LogP contribution in [-0.2, 0) is 34.8 Å². The molecule has 11 heteroatoms. The average molecular weight is 521 g/mol. The second-order valence-electron chi connectivity index (χ2n) is 9.14. The summed E-state index contributed by atoms with van der Waals surface area (Å²) in [6.07, 6.45) is 3.68. The van der Waals surface area contributed by atoms with E-state index >= 15 is 0 Å². The van der Waals surface area contributed by atoms with Crippen molar-refractivity contribution in [3.05, 3.63) is 75.3 Å². The Hall–Kier alpha value is -4.02. The molecule has 37 heavy (non-hydrogen) atoms. The lowest BCUT2D eigenvalue weighted by Gasteiger charge is -2.31. The largest absolute Gasteiger partial charge is 1.00 e. The third-order valence-electron chi connectivity index (χ3n) is 7.29. The van der Waals surface area contributed by atoms with E-state index in [0.717, 1.165) is 16.5 Å². The minimum absolute atomic E-state index is 0. The van der Waals surface area contributed by atoms with Crippen molar-refractivity contribution in [3.8, 4) is 22.9 Å². The van der Waals surface area contributed by atoms with E-state index < -0.39 is 11.6 Å². The van der Waals surface area contributed by atoms with Gasteiger partial charge in [0.2, 0.25) is 13.3 Å². The van der Waals surface area contributed by atoms with Crippen molar-refractivity contribution >= 4 is 16.9 Å². The highest BCUT2D eigenvalue weighted by Gasteiger charge is 2.45. The third-order valence-corrected chi connectivity index (χ3v) is 7.29. The van der Waals surface area contributed by atoms with Gasteiger partial charge >= 0.3 is 5.97 Å². The quantitative estimate of drug-likeness (QED) is 0.227. The van der Waals surface area contributed by atoms with Crippen molar-refractivity contribution in [1.29, 1.82) is 0 Å². The van der Waals surface area contributed by atoms with Gasteiger partial charge in [0.25, 0.3) is 5.56 Å². The van der Waals surface area contributed by atoms with Crippen molar-refractivity contribution in [2.75, 3.05) is 6.79 Å². The molecule has 0 radical (unpaired) electrons. The SMILES string of the molecule is CC[C@@]1(O)C(=O)OCc2c1cc1n(c2=O)Cc2c-1nc1cc3c(cc1c2C[n+]1ccccn1)OCO3.[Cl-]. The van der Waals surface area contributed by atoms with E-state index in [2.05, 4.69) is 5.10 Å². The molecule has 1 atom stereocenters. The molecule has 0 spiro atoms. The van der Waals surface area contributed by atoms with Crippen LogP contribution in [-0.4, -0.2) is 32.5 Å². The van der Waals surface area contributed by atoms with Gasteiger partial charge in [-0.15, -0.1) is 0 Å². The standard InChI is InChI=1S/C26H21N4O6.ClH/c1-2-26(33)18-8-20-23-16(11-30(20)24(31)17(18)12-34-25(26)32)15(10-29-6-4-3-5-27-29)14-7-21-22(36-13-35-21)9-19(14)28-23;/h3-9,33H,2,10-13H2,1H3;1H/q+1;/p-1/t26-;/m0./s1. The maximum Gasteiger partial charge on any atom is 0.343 e. The molecule has 0 saturated heterocycles. The van der Waals surface area contributed by atoms with Crippen LogP contribution in [0.3, 0.4) is 0 Å². The molecule has 3 aliphatic heterocycles. The topological polar surface area (TPSA) is 117 Å². The molecule has 0 amide bonds. The number of hydrogen-bond donors (Lipinski definition) is 1. The van der Waals surface area contributed by atoms with E-state index in [9.17, 15) is 14.7 Å². The fourth-order valence-electron chi connectivity index (χ4n) is 5.35. The molecule has 6 heterocycles. The number of esters is 1. The van der Waals surface area contributed by atoms with Crippen LogP contribution in [0, 0.1) is 0 Å². The van der Waals surface area contributed by atoms with E-state index in [1.54, 1.807) is 23.8 Å². The number of fused-ring (bicyclic) bond motifs is 6. The monoisotopic (exact) mass is 520 g/mol. The van der Waals surface area contributed by atoms with Crippen LogP contribution in [0.4, 0.5) is 0 Å². The summed E-state index contributed by atoms with van der Waals surface area (Å²) in [6, 6.07) is 9.23. The van der Waals surface area contributed by atoms with Crippen molar-refractivity contribution in [2.45, 2.75) is 38.6 Å². The van der Waals surface area contributed by atoms with Gasteiger partial charge in [-0.3, -0.25) is 4.79 Å². The smallest absolute Gasteiger partial charge is 0.343 e. The first-order valence-corrected chi connectivity index (χ1v) is 11.7. The second-order valence-corrected chi connectivity index (χ2v) is 9.14. The number of benzene rings is 1. The van der Waals surface area contributed by atoms with Gasteiger partial charge in [0, 0.05) is 34.2 Å². The number of cyclic esters (lactones) is 1. The Morgan fingerprint density at radius 2 is 1.92 bits per heavy atom. The summed E-state index contributed by atoms with van der Waals surface area (Å²) in [7, 11) is 0. The van der Waals surface area contributed by atoms with E-state index in [-0.39, 0.29) is 37.8 Å². The summed E-state index contributed by atoms with van der Waals surface area (Å²) in [5.74, 6) is 0.505.